The maximum Gasteiger partial charge on any atom is 0.410 e. The zero-order valence-corrected chi connectivity index (χ0v) is 14.1. The second-order valence-corrected chi connectivity index (χ2v) is 7.33. The summed E-state index contributed by atoms with van der Waals surface area (Å²) < 4.78 is 10.2. The highest BCUT2D eigenvalue weighted by Crippen LogP contribution is 2.35. The Morgan fingerprint density at radius 1 is 1.09 bits per heavy atom. The van der Waals surface area contributed by atoms with Crippen LogP contribution < -0.4 is 0 Å². The highest BCUT2D eigenvalue weighted by Gasteiger charge is 2.36. The van der Waals surface area contributed by atoms with Crippen molar-refractivity contribution in [2.24, 2.45) is 11.8 Å². The number of amides is 1. The summed E-state index contributed by atoms with van der Waals surface area (Å²) in [5.74, 6) is 0.598. The van der Waals surface area contributed by atoms with E-state index >= 15 is 0 Å². The van der Waals surface area contributed by atoms with Crippen molar-refractivity contribution in [3.63, 3.8) is 0 Å². The van der Waals surface area contributed by atoms with Crippen molar-refractivity contribution >= 4 is 12.1 Å². The van der Waals surface area contributed by atoms with Gasteiger partial charge in [0.1, 0.15) is 5.60 Å². The Bertz CT molecular complexity index is 405. The molecule has 0 aromatic rings. The molecule has 0 spiro atoms. The average molecular weight is 312 g/mol. The maximum atomic E-state index is 12.0. The smallest absolute Gasteiger partial charge is 0.410 e. The van der Waals surface area contributed by atoms with Gasteiger partial charge in [0, 0.05) is 32.7 Å². The van der Waals surface area contributed by atoms with E-state index in [0.29, 0.717) is 19.0 Å². The highest BCUT2D eigenvalue weighted by molar-refractivity contribution is 5.73. The summed E-state index contributed by atoms with van der Waals surface area (Å²) in [6, 6.07) is 0. The summed E-state index contributed by atoms with van der Waals surface area (Å²) in [4.78, 5) is 27.5. The molecule has 1 aliphatic carbocycles. The largest absolute Gasteiger partial charge is 0.469 e. The number of piperazine rings is 1. The molecule has 1 amide bonds. The Morgan fingerprint density at radius 3 is 2.18 bits per heavy atom. The molecule has 126 valence electrons. The Hall–Kier alpha value is -1.30. The molecule has 1 heterocycles. The van der Waals surface area contributed by atoms with Crippen LogP contribution >= 0.6 is 0 Å². The van der Waals surface area contributed by atoms with Crippen LogP contribution in [0.1, 0.15) is 33.6 Å². The third kappa shape index (κ3) is 4.60. The van der Waals surface area contributed by atoms with Gasteiger partial charge in [0.25, 0.3) is 0 Å². The first-order chi connectivity index (χ1) is 10.3. The monoisotopic (exact) mass is 312 g/mol. The fourth-order valence-electron chi connectivity index (χ4n) is 3.05. The minimum absolute atomic E-state index is 0.0778. The number of ether oxygens (including phenoxy) is 2. The lowest BCUT2D eigenvalue weighted by Gasteiger charge is -2.40. The second kappa shape index (κ2) is 6.86. The number of nitrogens with zero attached hydrogens (tertiary/aromatic N) is 2. The summed E-state index contributed by atoms with van der Waals surface area (Å²) >= 11 is 0. The highest BCUT2D eigenvalue weighted by atomic mass is 16.6. The number of hydrogen-bond donors (Lipinski definition) is 0. The summed E-state index contributed by atoms with van der Waals surface area (Å²) in [7, 11) is 1.45. The molecule has 2 fully saturated rings. The van der Waals surface area contributed by atoms with E-state index in [2.05, 4.69) is 4.90 Å². The molecule has 2 aliphatic rings. The van der Waals surface area contributed by atoms with E-state index < -0.39 is 5.60 Å². The number of carbonyl (C=O) groups excluding carboxylic acids is 2. The molecule has 0 N–H and O–H groups in total. The van der Waals surface area contributed by atoms with Gasteiger partial charge in [-0.1, -0.05) is 0 Å². The maximum absolute atomic E-state index is 12.0. The van der Waals surface area contributed by atoms with Gasteiger partial charge >= 0.3 is 12.1 Å². The molecular formula is C16H28N2O4. The van der Waals surface area contributed by atoms with E-state index in [4.69, 9.17) is 9.47 Å². The molecule has 1 saturated carbocycles. The predicted octanol–water partition coefficient (Wildman–Crippen LogP) is 1.74. The van der Waals surface area contributed by atoms with Crippen LogP contribution in [-0.4, -0.2) is 67.3 Å². The van der Waals surface area contributed by atoms with Gasteiger partial charge in [-0.05, 0) is 39.5 Å². The quantitative estimate of drug-likeness (QED) is 0.743. The molecule has 1 saturated heterocycles. The zero-order chi connectivity index (χ0) is 16.3. The molecule has 0 radical (unpaired) electrons. The van der Waals surface area contributed by atoms with Gasteiger partial charge in [0.2, 0.25) is 0 Å². The van der Waals surface area contributed by atoms with Gasteiger partial charge in [-0.3, -0.25) is 9.69 Å². The first-order valence-electron chi connectivity index (χ1n) is 8.06. The molecule has 0 unspecified atom stereocenters. The molecular weight excluding hydrogens is 284 g/mol. The van der Waals surface area contributed by atoms with Crippen LogP contribution in [0.25, 0.3) is 0 Å². The lowest BCUT2D eigenvalue weighted by atomic mass is 9.74. The van der Waals surface area contributed by atoms with Gasteiger partial charge in [-0.2, -0.15) is 0 Å². The molecule has 1 aliphatic heterocycles. The van der Waals surface area contributed by atoms with E-state index in [0.717, 1.165) is 32.5 Å². The van der Waals surface area contributed by atoms with E-state index in [-0.39, 0.29) is 18.0 Å². The van der Waals surface area contributed by atoms with E-state index in [9.17, 15) is 9.59 Å². The van der Waals surface area contributed by atoms with Crippen molar-refractivity contribution in [2.45, 2.75) is 39.2 Å². The number of hydrogen-bond acceptors (Lipinski definition) is 5. The fourth-order valence-corrected chi connectivity index (χ4v) is 3.05. The standard InChI is InChI=1S/C16H28N2O4/c1-16(2,3)22-15(20)18-7-5-17(6-8-18)11-12-9-13(10-12)14(19)21-4/h12-13H,5-11H2,1-4H3/t12-,13-. The van der Waals surface area contributed by atoms with E-state index in [1.54, 1.807) is 4.90 Å². The molecule has 2 rings (SSSR count). The summed E-state index contributed by atoms with van der Waals surface area (Å²) in [5.41, 5.74) is -0.441. The Kier molecular flexibility index (Phi) is 5.32. The van der Waals surface area contributed by atoms with Crippen LogP contribution in [0.2, 0.25) is 0 Å². The molecule has 6 nitrogen and oxygen atoms in total. The summed E-state index contributed by atoms with van der Waals surface area (Å²) in [5, 5.41) is 0. The third-order valence-corrected chi connectivity index (χ3v) is 4.31. The van der Waals surface area contributed by atoms with Crippen LogP contribution in [0.15, 0.2) is 0 Å². The van der Waals surface area contributed by atoms with Crippen molar-refractivity contribution in [3.05, 3.63) is 0 Å². The van der Waals surface area contributed by atoms with Gasteiger partial charge in [0.15, 0.2) is 0 Å². The van der Waals surface area contributed by atoms with Crippen molar-refractivity contribution in [1.29, 1.82) is 0 Å². The van der Waals surface area contributed by atoms with Crippen LogP contribution in [0.3, 0.4) is 0 Å². The number of esters is 1. The molecule has 0 atom stereocenters. The van der Waals surface area contributed by atoms with E-state index in [1.807, 2.05) is 20.8 Å². The Labute approximate surface area is 132 Å². The Morgan fingerprint density at radius 2 is 1.68 bits per heavy atom. The fraction of sp³-hybridized carbons (Fsp3) is 0.875. The molecule has 22 heavy (non-hydrogen) atoms. The van der Waals surface area contributed by atoms with Crippen molar-refractivity contribution in [2.75, 3.05) is 39.8 Å². The van der Waals surface area contributed by atoms with Crippen LogP contribution in [0.4, 0.5) is 4.79 Å². The molecule has 0 aromatic carbocycles. The number of methoxy groups -OCH3 is 1. The van der Waals surface area contributed by atoms with Crippen LogP contribution in [0, 0.1) is 11.8 Å². The predicted molar refractivity (Wildman–Crippen MR) is 82.5 cm³/mol. The second-order valence-electron chi connectivity index (χ2n) is 7.33. The SMILES string of the molecule is COC(=O)[C@H]1C[C@H](CN2CCN(C(=O)OC(C)(C)C)CC2)C1. The van der Waals surface area contributed by atoms with Gasteiger partial charge in [-0.25, -0.2) is 4.79 Å². The van der Waals surface area contributed by atoms with Gasteiger partial charge < -0.3 is 14.4 Å². The van der Waals surface area contributed by atoms with Crippen LogP contribution in [-0.2, 0) is 14.3 Å². The van der Waals surface area contributed by atoms with E-state index in [1.165, 1.54) is 7.11 Å². The summed E-state index contributed by atoms with van der Waals surface area (Å²) in [6.45, 7) is 9.83. The summed E-state index contributed by atoms with van der Waals surface area (Å²) in [6.07, 6.45) is 1.64. The lowest BCUT2D eigenvalue weighted by molar-refractivity contribution is -0.150. The molecule has 0 bridgehead atoms. The number of rotatable bonds is 3. The van der Waals surface area contributed by atoms with Gasteiger partial charge in [-0.15, -0.1) is 0 Å². The molecule has 0 aromatic heterocycles. The zero-order valence-electron chi connectivity index (χ0n) is 14.1. The first kappa shape index (κ1) is 17.1. The first-order valence-corrected chi connectivity index (χ1v) is 8.06. The van der Waals surface area contributed by atoms with Crippen molar-refractivity contribution < 1.29 is 19.1 Å². The van der Waals surface area contributed by atoms with Crippen molar-refractivity contribution in [1.82, 2.24) is 9.80 Å². The van der Waals surface area contributed by atoms with Crippen molar-refractivity contribution in [3.8, 4) is 0 Å². The lowest BCUT2D eigenvalue weighted by Crippen LogP contribution is -2.52. The minimum atomic E-state index is -0.441. The minimum Gasteiger partial charge on any atom is -0.469 e. The van der Waals surface area contributed by atoms with Gasteiger partial charge in [0.05, 0.1) is 13.0 Å². The number of carbonyl (C=O) groups is 2. The third-order valence-electron chi connectivity index (χ3n) is 4.31. The van der Waals surface area contributed by atoms with Crippen LogP contribution in [0.5, 0.6) is 0 Å². The normalized spacial score (nSPS) is 26.3. The molecule has 6 heteroatoms. The Balaban J connectivity index is 1.66. The average Bonchev–Trinajstić information content (AvgIpc) is 2.40. The topological polar surface area (TPSA) is 59.1 Å².